The molecule has 0 radical (unpaired) electrons. The van der Waals surface area contributed by atoms with Crippen molar-refractivity contribution in [3.8, 4) is 0 Å². The van der Waals surface area contributed by atoms with Crippen LogP contribution in [0, 0.1) is 13.8 Å². The standard InChI is InChI=1S/C15H15NO3/c1-9-4-6-12(7-5-9)16-13-8-10(2)19-15(18)14(13)11(3)17/h4-8,16H,1-3H3. The van der Waals surface area contributed by atoms with E-state index in [4.69, 9.17) is 4.42 Å². The molecule has 0 unspecified atom stereocenters. The third kappa shape index (κ3) is 2.91. The summed E-state index contributed by atoms with van der Waals surface area (Å²) in [4.78, 5) is 23.3. The molecule has 1 aromatic heterocycles. The number of anilines is 2. The van der Waals surface area contributed by atoms with Crippen molar-refractivity contribution in [2.24, 2.45) is 0 Å². The predicted octanol–water partition coefficient (Wildman–Crippen LogP) is 3.20. The van der Waals surface area contributed by atoms with Gasteiger partial charge in [-0.25, -0.2) is 4.79 Å². The first-order chi connectivity index (χ1) is 8.97. The van der Waals surface area contributed by atoms with Crippen molar-refractivity contribution >= 4 is 17.2 Å². The van der Waals surface area contributed by atoms with Crippen molar-refractivity contribution in [1.82, 2.24) is 0 Å². The molecule has 0 spiro atoms. The molecule has 0 amide bonds. The van der Waals surface area contributed by atoms with Gasteiger partial charge in [-0.15, -0.1) is 0 Å². The highest BCUT2D eigenvalue weighted by atomic mass is 16.4. The average Bonchev–Trinajstić information content (AvgIpc) is 2.30. The van der Waals surface area contributed by atoms with Crippen LogP contribution in [0.1, 0.15) is 28.6 Å². The van der Waals surface area contributed by atoms with E-state index in [2.05, 4.69) is 5.32 Å². The Bertz CT molecular complexity index is 669. The number of carbonyl (C=O) groups excluding carboxylic acids is 1. The van der Waals surface area contributed by atoms with Crippen LogP contribution in [0.4, 0.5) is 11.4 Å². The highest BCUT2D eigenvalue weighted by Gasteiger charge is 2.14. The molecular formula is C15H15NO3. The van der Waals surface area contributed by atoms with Crippen LogP contribution < -0.4 is 10.9 Å². The van der Waals surface area contributed by atoms with Gasteiger partial charge in [0.25, 0.3) is 0 Å². The molecule has 98 valence electrons. The maximum atomic E-state index is 11.7. The van der Waals surface area contributed by atoms with E-state index in [0.29, 0.717) is 11.4 Å². The lowest BCUT2D eigenvalue weighted by Crippen LogP contribution is -2.15. The summed E-state index contributed by atoms with van der Waals surface area (Å²) in [6.45, 7) is 5.01. The van der Waals surface area contributed by atoms with Crippen LogP contribution in [-0.4, -0.2) is 5.78 Å². The first-order valence-corrected chi connectivity index (χ1v) is 5.97. The van der Waals surface area contributed by atoms with Gasteiger partial charge in [0.05, 0.1) is 5.69 Å². The molecule has 1 aromatic carbocycles. The molecular weight excluding hydrogens is 242 g/mol. The van der Waals surface area contributed by atoms with Crippen LogP contribution in [0.25, 0.3) is 0 Å². The number of Topliss-reactive ketones (excluding diaryl/α,β-unsaturated/α-hetero) is 1. The third-order valence-electron chi connectivity index (χ3n) is 2.76. The third-order valence-corrected chi connectivity index (χ3v) is 2.76. The number of aryl methyl sites for hydroxylation is 2. The van der Waals surface area contributed by atoms with Crippen molar-refractivity contribution in [1.29, 1.82) is 0 Å². The number of nitrogens with one attached hydrogen (secondary N) is 1. The highest BCUT2D eigenvalue weighted by Crippen LogP contribution is 2.20. The van der Waals surface area contributed by atoms with Gasteiger partial charge in [-0.2, -0.15) is 0 Å². The maximum Gasteiger partial charge on any atom is 0.348 e. The van der Waals surface area contributed by atoms with Crippen LogP contribution in [0.3, 0.4) is 0 Å². The molecule has 1 heterocycles. The van der Waals surface area contributed by atoms with E-state index in [9.17, 15) is 9.59 Å². The van der Waals surface area contributed by atoms with E-state index in [1.54, 1.807) is 13.0 Å². The summed E-state index contributed by atoms with van der Waals surface area (Å²) in [6.07, 6.45) is 0. The summed E-state index contributed by atoms with van der Waals surface area (Å²) >= 11 is 0. The van der Waals surface area contributed by atoms with Gasteiger partial charge >= 0.3 is 5.63 Å². The summed E-state index contributed by atoms with van der Waals surface area (Å²) in [7, 11) is 0. The Hall–Kier alpha value is -2.36. The minimum absolute atomic E-state index is 0.0474. The molecule has 4 heteroatoms. The van der Waals surface area contributed by atoms with Crippen LogP contribution >= 0.6 is 0 Å². The maximum absolute atomic E-state index is 11.7. The fourth-order valence-electron chi connectivity index (χ4n) is 1.84. The monoisotopic (exact) mass is 257 g/mol. The second-order valence-electron chi connectivity index (χ2n) is 4.48. The molecule has 0 atom stereocenters. The zero-order valence-corrected chi connectivity index (χ0v) is 11.1. The van der Waals surface area contributed by atoms with Crippen LogP contribution in [0.15, 0.2) is 39.5 Å². The first kappa shape index (κ1) is 13.1. The molecule has 2 rings (SSSR count). The Morgan fingerprint density at radius 3 is 2.37 bits per heavy atom. The Labute approximate surface area is 111 Å². The number of benzene rings is 1. The van der Waals surface area contributed by atoms with Gasteiger partial charge in [0.1, 0.15) is 11.3 Å². The van der Waals surface area contributed by atoms with Crippen molar-refractivity contribution in [3.05, 3.63) is 57.6 Å². The smallest absolute Gasteiger partial charge is 0.348 e. The number of ketones is 1. The van der Waals surface area contributed by atoms with Gasteiger partial charge in [-0.1, -0.05) is 17.7 Å². The summed E-state index contributed by atoms with van der Waals surface area (Å²) in [5.41, 5.74) is 1.87. The van der Waals surface area contributed by atoms with Crippen LogP contribution in [0.5, 0.6) is 0 Å². The molecule has 0 aliphatic heterocycles. The Balaban J connectivity index is 2.47. The van der Waals surface area contributed by atoms with Gasteiger partial charge in [0, 0.05) is 11.8 Å². The van der Waals surface area contributed by atoms with Gasteiger partial charge in [-0.3, -0.25) is 4.79 Å². The predicted molar refractivity (Wildman–Crippen MR) is 74.2 cm³/mol. The molecule has 19 heavy (non-hydrogen) atoms. The Kier molecular flexibility index (Phi) is 3.51. The lowest BCUT2D eigenvalue weighted by molar-refractivity contribution is 0.101. The summed E-state index contributed by atoms with van der Waals surface area (Å²) in [6, 6.07) is 9.34. The zero-order valence-electron chi connectivity index (χ0n) is 11.1. The number of hydrogen-bond donors (Lipinski definition) is 1. The molecule has 0 aliphatic rings. The van der Waals surface area contributed by atoms with Crippen molar-refractivity contribution < 1.29 is 9.21 Å². The number of carbonyl (C=O) groups is 1. The van der Waals surface area contributed by atoms with Crippen molar-refractivity contribution in [3.63, 3.8) is 0 Å². The normalized spacial score (nSPS) is 10.3. The van der Waals surface area contributed by atoms with Gasteiger partial charge in [0.2, 0.25) is 0 Å². The first-order valence-electron chi connectivity index (χ1n) is 5.97. The topological polar surface area (TPSA) is 59.3 Å². The van der Waals surface area contributed by atoms with Crippen LogP contribution in [0.2, 0.25) is 0 Å². The van der Waals surface area contributed by atoms with Gasteiger partial charge in [-0.05, 0) is 32.9 Å². The largest absolute Gasteiger partial charge is 0.428 e. The fraction of sp³-hybridized carbons (Fsp3) is 0.200. The molecule has 1 N–H and O–H groups in total. The second kappa shape index (κ2) is 5.10. The second-order valence-corrected chi connectivity index (χ2v) is 4.48. The lowest BCUT2D eigenvalue weighted by atomic mass is 10.1. The molecule has 4 nitrogen and oxygen atoms in total. The minimum atomic E-state index is -0.609. The summed E-state index contributed by atoms with van der Waals surface area (Å²) in [5, 5.41) is 3.08. The fourth-order valence-corrected chi connectivity index (χ4v) is 1.84. The Morgan fingerprint density at radius 1 is 1.16 bits per heavy atom. The van der Waals surface area contributed by atoms with Gasteiger partial charge in [0.15, 0.2) is 5.78 Å². The molecule has 0 bridgehead atoms. The number of hydrogen-bond acceptors (Lipinski definition) is 4. The lowest BCUT2D eigenvalue weighted by Gasteiger charge is -2.10. The molecule has 0 aliphatic carbocycles. The van der Waals surface area contributed by atoms with Crippen LogP contribution in [-0.2, 0) is 0 Å². The van der Waals surface area contributed by atoms with E-state index in [1.807, 2.05) is 31.2 Å². The van der Waals surface area contributed by atoms with E-state index in [0.717, 1.165) is 11.3 Å². The molecule has 0 fully saturated rings. The molecule has 2 aromatic rings. The summed E-state index contributed by atoms with van der Waals surface area (Å²) in [5.74, 6) is 0.146. The van der Waals surface area contributed by atoms with E-state index >= 15 is 0 Å². The van der Waals surface area contributed by atoms with Crippen molar-refractivity contribution in [2.75, 3.05) is 5.32 Å². The molecule has 0 saturated heterocycles. The van der Waals surface area contributed by atoms with E-state index in [1.165, 1.54) is 6.92 Å². The molecule has 0 saturated carbocycles. The average molecular weight is 257 g/mol. The Morgan fingerprint density at radius 2 is 1.79 bits per heavy atom. The SMILES string of the molecule is CC(=O)c1c(Nc2ccc(C)cc2)cc(C)oc1=O. The van der Waals surface area contributed by atoms with E-state index < -0.39 is 5.63 Å². The van der Waals surface area contributed by atoms with Crippen molar-refractivity contribution in [2.45, 2.75) is 20.8 Å². The van der Waals surface area contributed by atoms with E-state index in [-0.39, 0.29) is 11.3 Å². The zero-order chi connectivity index (χ0) is 14.0. The summed E-state index contributed by atoms with van der Waals surface area (Å²) < 4.78 is 4.95. The van der Waals surface area contributed by atoms with Gasteiger partial charge < -0.3 is 9.73 Å². The highest BCUT2D eigenvalue weighted by molar-refractivity contribution is 5.99. The number of rotatable bonds is 3. The minimum Gasteiger partial charge on any atom is -0.428 e. The quantitative estimate of drug-likeness (QED) is 0.858.